The van der Waals surface area contributed by atoms with E-state index < -0.39 is 0 Å². The Labute approximate surface area is 123 Å². The SMILES string of the molecule is CSC(=N/C=C/c1ncccn1)C1CCN(C=O)CC1. The number of amides is 1. The van der Waals surface area contributed by atoms with Crippen LogP contribution in [0.4, 0.5) is 0 Å². The Hall–Kier alpha value is -1.69. The van der Waals surface area contributed by atoms with Gasteiger partial charge in [0, 0.05) is 43.7 Å². The monoisotopic (exact) mass is 290 g/mol. The van der Waals surface area contributed by atoms with Crippen LogP contribution in [-0.2, 0) is 4.79 Å². The van der Waals surface area contributed by atoms with Crippen molar-refractivity contribution >= 4 is 29.3 Å². The van der Waals surface area contributed by atoms with E-state index >= 15 is 0 Å². The first-order valence-corrected chi connectivity index (χ1v) is 7.80. The van der Waals surface area contributed by atoms with Crippen molar-refractivity contribution in [3.05, 3.63) is 30.5 Å². The molecule has 0 saturated carbocycles. The summed E-state index contributed by atoms with van der Waals surface area (Å²) in [6, 6.07) is 1.79. The third kappa shape index (κ3) is 4.16. The van der Waals surface area contributed by atoms with E-state index in [1.165, 1.54) is 0 Å². The molecule has 1 aliphatic heterocycles. The molecule has 2 rings (SSSR count). The van der Waals surface area contributed by atoms with Crippen LogP contribution in [0.5, 0.6) is 0 Å². The van der Waals surface area contributed by atoms with Gasteiger partial charge in [-0.1, -0.05) is 0 Å². The highest BCUT2D eigenvalue weighted by Gasteiger charge is 2.21. The number of nitrogens with zero attached hydrogens (tertiary/aromatic N) is 4. The van der Waals surface area contributed by atoms with Crippen molar-refractivity contribution in [3.63, 3.8) is 0 Å². The van der Waals surface area contributed by atoms with Crippen LogP contribution < -0.4 is 0 Å². The number of carbonyl (C=O) groups excluding carboxylic acids is 1. The molecule has 5 nitrogen and oxygen atoms in total. The standard InChI is InChI=1S/C14H18N4OS/c1-20-14(12-4-9-18(11-19)10-5-12)17-8-3-13-15-6-2-7-16-13/h2-3,6-8,11-12H,4-5,9-10H2,1H3/b8-3+,17-14?. The van der Waals surface area contributed by atoms with E-state index in [0.29, 0.717) is 11.7 Å². The molecular formula is C14H18N4OS. The second-order valence-electron chi connectivity index (χ2n) is 4.51. The van der Waals surface area contributed by atoms with Crippen molar-refractivity contribution in [2.75, 3.05) is 19.3 Å². The van der Waals surface area contributed by atoms with Crippen LogP contribution >= 0.6 is 11.8 Å². The Balaban J connectivity index is 1.96. The number of thioether (sulfide) groups is 1. The molecule has 20 heavy (non-hydrogen) atoms. The molecule has 2 heterocycles. The predicted octanol–water partition coefficient (Wildman–Crippen LogP) is 2.08. The molecule has 6 heteroatoms. The number of carbonyl (C=O) groups is 1. The second-order valence-corrected chi connectivity index (χ2v) is 5.34. The van der Waals surface area contributed by atoms with Gasteiger partial charge in [0.1, 0.15) is 0 Å². The Bertz CT molecular complexity index is 481. The first-order chi connectivity index (χ1) is 9.83. The molecule has 1 fully saturated rings. The van der Waals surface area contributed by atoms with Crippen LogP contribution in [0.1, 0.15) is 18.7 Å². The van der Waals surface area contributed by atoms with Crippen LogP contribution in [0.3, 0.4) is 0 Å². The summed E-state index contributed by atoms with van der Waals surface area (Å²) in [4.78, 5) is 25.3. The molecule has 0 N–H and O–H groups in total. The summed E-state index contributed by atoms with van der Waals surface area (Å²) in [5.74, 6) is 1.11. The van der Waals surface area contributed by atoms with Gasteiger partial charge >= 0.3 is 0 Å². The number of piperidine rings is 1. The zero-order valence-corrected chi connectivity index (χ0v) is 12.3. The molecule has 106 valence electrons. The predicted molar refractivity (Wildman–Crippen MR) is 82.4 cm³/mol. The minimum Gasteiger partial charge on any atom is -0.345 e. The highest BCUT2D eigenvalue weighted by atomic mass is 32.2. The lowest BCUT2D eigenvalue weighted by Gasteiger charge is -2.29. The summed E-state index contributed by atoms with van der Waals surface area (Å²) in [5, 5.41) is 1.11. The van der Waals surface area contributed by atoms with E-state index in [1.807, 2.05) is 11.2 Å². The molecule has 0 aliphatic carbocycles. The quantitative estimate of drug-likeness (QED) is 0.484. The average Bonchev–Trinajstić information content (AvgIpc) is 2.53. The van der Waals surface area contributed by atoms with Gasteiger partial charge in [0.05, 0.1) is 5.04 Å². The minimum atomic E-state index is 0.447. The number of aliphatic imine (C=N–C) groups is 1. The summed E-state index contributed by atoms with van der Waals surface area (Å²) in [6.07, 6.45) is 11.9. The molecule has 0 aromatic carbocycles. The summed E-state index contributed by atoms with van der Waals surface area (Å²) < 4.78 is 0. The smallest absolute Gasteiger partial charge is 0.209 e. The van der Waals surface area contributed by atoms with Crippen LogP contribution in [0.2, 0.25) is 0 Å². The zero-order chi connectivity index (χ0) is 14.2. The number of likely N-dealkylation sites (tertiary alicyclic amines) is 1. The van der Waals surface area contributed by atoms with Crippen molar-refractivity contribution in [2.45, 2.75) is 12.8 Å². The third-order valence-electron chi connectivity index (χ3n) is 3.25. The first kappa shape index (κ1) is 14.7. The molecular weight excluding hydrogens is 272 g/mol. The van der Waals surface area contributed by atoms with E-state index in [1.54, 1.807) is 42.5 Å². The maximum Gasteiger partial charge on any atom is 0.209 e. The van der Waals surface area contributed by atoms with Crippen molar-refractivity contribution in [1.29, 1.82) is 0 Å². The summed E-state index contributed by atoms with van der Waals surface area (Å²) >= 11 is 1.67. The lowest BCUT2D eigenvalue weighted by Crippen LogP contribution is -2.34. The highest BCUT2D eigenvalue weighted by Crippen LogP contribution is 2.23. The van der Waals surface area contributed by atoms with Crippen LogP contribution in [0.25, 0.3) is 6.08 Å². The summed E-state index contributed by atoms with van der Waals surface area (Å²) in [6.45, 7) is 1.64. The lowest BCUT2D eigenvalue weighted by molar-refractivity contribution is -0.119. The average molecular weight is 290 g/mol. The first-order valence-electron chi connectivity index (χ1n) is 6.58. The van der Waals surface area contributed by atoms with Gasteiger partial charge in [0.25, 0.3) is 0 Å². The second kappa shape index (κ2) is 7.79. The molecule has 1 aromatic heterocycles. The van der Waals surface area contributed by atoms with Gasteiger partial charge in [-0.3, -0.25) is 9.79 Å². The lowest BCUT2D eigenvalue weighted by atomic mass is 9.98. The minimum absolute atomic E-state index is 0.447. The molecule has 0 spiro atoms. The Kier molecular flexibility index (Phi) is 5.73. The van der Waals surface area contributed by atoms with Gasteiger partial charge in [-0.05, 0) is 25.2 Å². The molecule has 0 radical (unpaired) electrons. The number of aromatic nitrogens is 2. The Morgan fingerprint density at radius 1 is 1.40 bits per heavy atom. The van der Waals surface area contributed by atoms with Gasteiger partial charge in [0.2, 0.25) is 6.41 Å². The van der Waals surface area contributed by atoms with Gasteiger partial charge in [-0.15, -0.1) is 11.8 Å². The van der Waals surface area contributed by atoms with E-state index in [4.69, 9.17) is 0 Å². The van der Waals surface area contributed by atoms with Crippen molar-refractivity contribution in [3.8, 4) is 0 Å². The van der Waals surface area contributed by atoms with Crippen LogP contribution in [0, 0.1) is 5.92 Å². The summed E-state index contributed by atoms with van der Waals surface area (Å²) in [5.41, 5.74) is 0. The van der Waals surface area contributed by atoms with E-state index in [9.17, 15) is 4.79 Å². The molecule has 1 saturated heterocycles. The van der Waals surface area contributed by atoms with E-state index in [2.05, 4.69) is 15.0 Å². The Morgan fingerprint density at radius 2 is 2.10 bits per heavy atom. The highest BCUT2D eigenvalue weighted by molar-refractivity contribution is 8.13. The van der Waals surface area contributed by atoms with Crippen molar-refractivity contribution < 1.29 is 4.79 Å². The van der Waals surface area contributed by atoms with E-state index in [-0.39, 0.29) is 0 Å². The third-order valence-corrected chi connectivity index (χ3v) is 4.11. The molecule has 1 amide bonds. The fraction of sp³-hybridized carbons (Fsp3) is 0.429. The van der Waals surface area contributed by atoms with Gasteiger partial charge in [0.15, 0.2) is 5.82 Å². The van der Waals surface area contributed by atoms with Crippen LogP contribution in [0.15, 0.2) is 29.7 Å². The van der Waals surface area contributed by atoms with Crippen molar-refractivity contribution in [1.82, 2.24) is 14.9 Å². The van der Waals surface area contributed by atoms with Crippen molar-refractivity contribution in [2.24, 2.45) is 10.9 Å². The van der Waals surface area contributed by atoms with E-state index in [0.717, 1.165) is 37.4 Å². The fourth-order valence-corrected chi connectivity index (χ4v) is 2.89. The molecule has 0 bridgehead atoms. The number of rotatable bonds is 4. The van der Waals surface area contributed by atoms with Gasteiger partial charge < -0.3 is 4.90 Å². The molecule has 0 atom stereocenters. The zero-order valence-electron chi connectivity index (χ0n) is 11.5. The maximum absolute atomic E-state index is 10.7. The molecule has 1 aromatic rings. The summed E-state index contributed by atoms with van der Waals surface area (Å²) in [7, 11) is 0. The fourth-order valence-electron chi connectivity index (χ4n) is 2.15. The largest absolute Gasteiger partial charge is 0.345 e. The molecule has 1 aliphatic rings. The maximum atomic E-state index is 10.7. The van der Waals surface area contributed by atoms with Gasteiger partial charge in [-0.25, -0.2) is 9.97 Å². The Morgan fingerprint density at radius 3 is 2.70 bits per heavy atom. The normalized spacial score (nSPS) is 17.6. The number of hydrogen-bond donors (Lipinski definition) is 0. The topological polar surface area (TPSA) is 58.5 Å². The van der Waals surface area contributed by atoms with Gasteiger partial charge in [-0.2, -0.15) is 0 Å². The number of hydrogen-bond acceptors (Lipinski definition) is 5. The molecule has 0 unspecified atom stereocenters. The van der Waals surface area contributed by atoms with Crippen LogP contribution in [-0.4, -0.2) is 45.7 Å².